The lowest BCUT2D eigenvalue weighted by Gasteiger charge is -2.17. The molecule has 1 aromatic heterocycles. The van der Waals surface area contributed by atoms with Gasteiger partial charge >= 0.3 is 0 Å². The molecule has 1 heterocycles. The lowest BCUT2D eigenvalue weighted by molar-refractivity contribution is 0.606. The summed E-state index contributed by atoms with van der Waals surface area (Å²) in [5.74, 6) is 1.02. The molecule has 102 valence electrons. The van der Waals surface area contributed by atoms with Crippen LogP contribution in [0.2, 0.25) is 0 Å². The van der Waals surface area contributed by atoms with E-state index in [2.05, 4.69) is 48.4 Å². The van der Waals surface area contributed by atoms with Crippen molar-refractivity contribution in [3.63, 3.8) is 0 Å². The fourth-order valence-corrected chi connectivity index (χ4v) is 3.70. The first-order chi connectivity index (χ1) is 9.33. The number of aromatic nitrogens is 1. The van der Waals surface area contributed by atoms with Crippen LogP contribution in [0.3, 0.4) is 0 Å². The average Bonchev–Trinajstić information content (AvgIpc) is 2.97. The lowest BCUT2D eigenvalue weighted by atomic mass is 10.1. The van der Waals surface area contributed by atoms with Crippen LogP contribution in [0.25, 0.3) is 0 Å². The van der Waals surface area contributed by atoms with Crippen molar-refractivity contribution in [1.82, 2.24) is 10.3 Å². The van der Waals surface area contributed by atoms with Crippen LogP contribution >= 0.6 is 23.1 Å². The van der Waals surface area contributed by atoms with E-state index in [1.54, 1.807) is 11.3 Å². The van der Waals surface area contributed by atoms with Crippen molar-refractivity contribution in [1.29, 1.82) is 0 Å². The van der Waals surface area contributed by atoms with E-state index in [1.165, 1.54) is 11.1 Å². The monoisotopic (exact) mass is 292 g/mol. The molecule has 0 saturated heterocycles. The minimum atomic E-state index is 0.393. The van der Waals surface area contributed by atoms with Crippen LogP contribution in [0.4, 0.5) is 0 Å². The summed E-state index contributed by atoms with van der Waals surface area (Å²) in [5, 5.41) is 5.58. The molecule has 0 radical (unpaired) electrons. The fourth-order valence-electron chi connectivity index (χ4n) is 1.94. The number of nitrogens with one attached hydrogen (secondary N) is 1. The largest absolute Gasteiger partial charge is 0.309 e. The normalized spacial score (nSPS) is 12.5. The van der Waals surface area contributed by atoms with Crippen LogP contribution in [0, 0.1) is 0 Å². The Balaban J connectivity index is 2.01. The van der Waals surface area contributed by atoms with Crippen LogP contribution in [0.15, 0.2) is 40.2 Å². The molecule has 0 saturated carbocycles. The Labute approximate surface area is 123 Å². The molecule has 0 fully saturated rings. The Kier molecular flexibility index (Phi) is 5.89. The van der Waals surface area contributed by atoms with Gasteiger partial charge in [-0.15, -0.1) is 11.3 Å². The quantitative estimate of drug-likeness (QED) is 0.776. The predicted octanol–water partition coefficient (Wildman–Crippen LogP) is 4.15. The first-order valence-corrected chi connectivity index (χ1v) is 8.54. The molecule has 1 atom stereocenters. The van der Waals surface area contributed by atoms with Crippen molar-refractivity contribution < 1.29 is 0 Å². The number of thiazole rings is 1. The van der Waals surface area contributed by atoms with Crippen molar-refractivity contribution in [2.45, 2.75) is 30.6 Å². The topological polar surface area (TPSA) is 24.9 Å². The Morgan fingerprint density at radius 1 is 1.26 bits per heavy atom. The molecule has 0 aliphatic rings. The molecule has 1 aromatic carbocycles. The summed E-state index contributed by atoms with van der Waals surface area (Å²) in [6.07, 6.45) is 2.96. The second kappa shape index (κ2) is 7.68. The average molecular weight is 292 g/mol. The molecular weight excluding hydrogens is 272 g/mol. The van der Waals surface area contributed by atoms with Gasteiger partial charge in [0.1, 0.15) is 4.34 Å². The number of benzene rings is 1. The van der Waals surface area contributed by atoms with Crippen molar-refractivity contribution in [2.75, 3.05) is 12.3 Å². The molecule has 1 unspecified atom stereocenters. The first-order valence-electron chi connectivity index (χ1n) is 6.68. The summed E-state index contributed by atoms with van der Waals surface area (Å²) in [6, 6.07) is 9.34. The van der Waals surface area contributed by atoms with E-state index in [1.807, 2.05) is 23.3 Å². The third kappa shape index (κ3) is 4.34. The van der Waals surface area contributed by atoms with Crippen molar-refractivity contribution in [3.8, 4) is 0 Å². The van der Waals surface area contributed by atoms with Crippen molar-refractivity contribution >= 4 is 23.1 Å². The summed E-state index contributed by atoms with van der Waals surface area (Å²) in [6.45, 7) is 5.33. The zero-order valence-electron chi connectivity index (χ0n) is 11.4. The number of nitrogens with zero attached hydrogens (tertiary/aromatic N) is 1. The van der Waals surface area contributed by atoms with E-state index in [9.17, 15) is 0 Å². The summed E-state index contributed by atoms with van der Waals surface area (Å²) in [7, 11) is 0. The predicted molar refractivity (Wildman–Crippen MR) is 85.1 cm³/mol. The van der Waals surface area contributed by atoms with Crippen LogP contribution in [-0.2, 0) is 6.42 Å². The van der Waals surface area contributed by atoms with Gasteiger partial charge in [-0.25, -0.2) is 4.98 Å². The van der Waals surface area contributed by atoms with Gasteiger partial charge in [-0.1, -0.05) is 49.9 Å². The van der Waals surface area contributed by atoms with Gasteiger partial charge in [-0.2, -0.15) is 0 Å². The number of aryl methyl sites for hydroxylation is 1. The molecule has 0 amide bonds. The van der Waals surface area contributed by atoms with Crippen LogP contribution in [-0.4, -0.2) is 17.3 Å². The Morgan fingerprint density at radius 2 is 2.05 bits per heavy atom. The van der Waals surface area contributed by atoms with Crippen LogP contribution in [0.5, 0.6) is 0 Å². The van der Waals surface area contributed by atoms with E-state index >= 15 is 0 Å². The van der Waals surface area contributed by atoms with Crippen molar-refractivity contribution in [3.05, 3.63) is 47.0 Å². The van der Waals surface area contributed by atoms with Gasteiger partial charge in [-0.05, 0) is 24.1 Å². The molecule has 0 aliphatic carbocycles. The van der Waals surface area contributed by atoms with E-state index in [0.717, 1.165) is 23.1 Å². The second-order valence-corrected chi connectivity index (χ2v) is 6.48. The van der Waals surface area contributed by atoms with Gasteiger partial charge in [0.15, 0.2) is 0 Å². The summed E-state index contributed by atoms with van der Waals surface area (Å²) < 4.78 is 1.15. The smallest absolute Gasteiger partial charge is 0.149 e. The van der Waals surface area contributed by atoms with Crippen LogP contribution in [0.1, 0.15) is 31.0 Å². The highest BCUT2D eigenvalue weighted by Crippen LogP contribution is 2.26. The van der Waals surface area contributed by atoms with Crippen molar-refractivity contribution in [2.24, 2.45) is 0 Å². The summed E-state index contributed by atoms with van der Waals surface area (Å²) in [4.78, 5) is 4.32. The molecule has 2 aromatic rings. The zero-order chi connectivity index (χ0) is 13.5. The third-order valence-electron chi connectivity index (χ3n) is 3.02. The molecule has 0 aliphatic heterocycles. The van der Waals surface area contributed by atoms with Gasteiger partial charge < -0.3 is 5.32 Å². The van der Waals surface area contributed by atoms with E-state index < -0.39 is 0 Å². The molecule has 2 nitrogen and oxygen atoms in total. The first kappa shape index (κ1) is 14.6. The number of hydrogen-bond donors (Lipinski definition) is 1. The molecule has 0 spiro atoms. The Bertz CT molecular complexity index is 465. The van der Waals surface area contributed by atoms with Gasteiger partial charge in [0.2, 0.25) is 0 Å². The minimum absolute atomic E-state index is 0.393. The number of hydrogen-bond acceptors (Lipinski definition) is 4. The molecule has 0 bridgehead atoms. The van der Waals surface area contributed by atoms with Gasteiger partial charge in [-0.3, -0.25) is 0 Å². The summed E-state index contributed by atoms with van der Waals surface area (Å²) in [5.41, 5.74) is 2.76. The van der Waals surface area contributed by atoms with E-state index in [0.29, 0.717) is 6.04 Å². The third-order valence-corrected chi connectivity index (χ3v) is 5.08. The fraction of sp³-hybridized carbons (Fsp3) is 0.400. The second-order valence-electron chi connectivity index (χ2n) is 4.31. The highest BCUT2D eigenvalue weighted by atomic mass is 32.2. The minimum Gasteiger partial charge on any atom is -0.309 e. The SMILES string of the molecule is CCNC(CSc1nccs1)c1ccc(CC)cc1. The maximum Gasteiger partial charge on any atom is 0.149 e. The number of thioether (sulfide) groups is 1. The number of rotatable bonds is 7. The lowest BCUT2D eigenvalue weighted by Crippen LogP contribution is -2.22. The maximum atomic E-state index is 4.32. The van der Waals surface area contributed by atoms with Gasteiger partial charge in [0.05, 0.1) is 0 Å². The maximum absolute atomic E-state index is 4.32. The molecular formula is C15H20N2S2. The molecule has 4 heteroatoms. The van der Waals surface area contributed by atoms with Crippen LogP contribution < -0.4 is 5.32 Å². The van der Waals surface area contributed by atoms with Gasteiger partial charge in [0.25, 0.3) is 0 Å². The van der Waals surface area contributed by atoms with E-state index in [4.69, 9.17) is 0 Å². The Morgan fingerprint density at radius 3 is 2.63 bits per heavy atom. The molecule has 2 rings (SSSR count). The molecule has 1 N–H and O–H groups in total. The highest BCUT2D eigenvalue weighted by Gasteiger charge is 2.11. The van der Waals surface area contributed by atoms with Gasteiger partial charge in [0, 0.05) is 23.4 Å². The highest BCUT2D eigenvalue weighted by molar-refractivity contribution is 8.01. The Hall–Kier alpha value is -0.840. The zero-order valence-corrected chi connectivity index (χ0v) is 13.1. The van der Waals surface area contributed by atoms with E-state index in [-0.39, 0.29) is 0 Å². The standard InChI is InChI=1S/C15H20N2S2/c1-3-12-5-7-13(8-6-12)14(16-4-2)11-19-15-17-9-10-18-15/h5-10,14,16H,3-4,11H2,1-2H3. The summed E-state index contributed by atoms with van der Waals surface area (Å²) >= 11 is 3.53. The molecule has 19 heavy (non-hydrogen) atoms.